The van der Waals surface area contributed by atoms with E-state index in [0.717, 1.165) is 44.9 Å². The first-order valence-corrected chi connectivity index (χ1v) is 26.7. The standard InChI is InChI=1S/C51H82O21/c1-20-32-30(72-51(20)14-9-24(17-52)19-63-51)16-29-27-8-7-25-15-26(10-12-49(25,5)28(27)11-13-50(29,32)6)67-48-44(71-46-39(60)36(57)34(55)22(3)65-46)41(62)43(31(18-53)68-48)70-47-40(61)37(58)42(23(4)66-47)69-45-38(59)35(56)33(54)21(2)64-45/h7,20-24,26-48,52-62H,8-19H2,1-6H3/t20-,21-,22-,23-,24-,26-,27+,28-,29-,30-,31+,32-,33-,34-,35+,36+,37-,38+,39+,40+,41-,42-,43+,44+,45-,46-,47-,48+,49-,50-,51+/m0/s1. The Morgan fingerprint density at radius 1 is 0.583 bits per heavy atom. The Balaban J connectivity index is 0.832. The van der Waals surface area contributed by atoms with E-state index in [2.05, 4.69) is 26.8 Å². The van der Waals surface area contributed by atoms with Gasteiger partial charge in [-0.3, -0.25) is 0 Å². The lowest BCUT2D eigenvalue weighted by Gasteiger charge is -2.59. The van der Waals surface area contributed by atoms with Gasteiger partial charge in [0.2, 0.25) is 0 Å². The number of fused-ring (bicyclic) bond motifs is 7. The first-order chi connectivity index (χ1) is 34.1. The minimum absolute atomic E-state index is 0.0815. The molecule has 0 amide bonds. The van der Waals surface area contributed by atoms with Gasteiger partial charge in [0.05, 0.1) is 43.7 Å². The van der Waals surface area contributed by atoms with Gasteiger partial charge in [-0.15, -0.1) is 0 Å². The van der Waals surface area contributed by atoms with Crippen LogP contribution in [0.15, 0.2) is 11.6 Å². The second-order valence-electron chi connectivity index (χ2n) is 23.8. The molecule has 1 spiro atoms. The summed E-state index contributed by atoms with van der Waals surface area (Å²) in [5.41, 5.74) is 1.34. The lowest BCUT2D eigenvalue weighted by Crippen LogP contribution is -2.67. The molecule has 0 bridgehead atoms. The highest BCUT2D eigenvalue weighted by atomic mass is 16.8. The van der Waals surface area contributed by atoms with E-state index in [4.69, 9.17) is 47.4 Å². The maximum atomic E-state index is 12.3. The first-order valence-electron chi connectivity index (χ1n) is 26.7. The molecule has 10 aliphatic rings. The smallest absolute Gasteiger partial charge is 0.187 e. The molecule has 6 heterocycles. The number of ether oxygens (including phenoxy) is 10. The summed E-state index contributed by atoms with van der Waals surface area (Å²) in [5, 5.41) is 119. The van der Waals surface area contributed by atoms with Crippen LogP contribution < -0.4 is 0 Å². The van der Waals surface area contributed by atoms with Crippen molar-refractivity contribution in [3.63, 3.8) is 0 Å². The number of hydrogen-bond acceptors (Lipinski definition) is 21. The Hall–Kier alpha value is -1.10. The summed E-state index contributed by atoms with van der Waals surface area (Å²) in [6.45, 7) is 11.6. The number of aliphatic hydroxyl groups excluding tert-OH is 11. The van der Waals surface area contributed by atoms with Crippen LogP contribution >= 0.6 is 0 Å². The second-order valence-corrected chi connectivity index (χ2v) is 23.8. The molecule has 0 aromatic carbocycles. The first kappa shape index (κ1) is 54.3. The molecule has 4 aliphatic carbocycles. The van der Waals surface area contributed by atoms with Gasteiger partial charge >= 0.3 is 0 Å². The van der Waals surface area contributed by atoms with Crippen LogP contribution in [0.25, 0.3) is 0 Å². The van der Waals surface area contributed by atoms with Crippen LogP contribution in [0.3, 0.4) is 0 Å². The topological polar surface area (TPSA) is 315 Å². The lowest BCUT2D eigenvalue weighted by molar-refractivity contribution is -0.394. The van der Waals surface area contributed by atoms with Crippen molar-refractivity contribution in [1.29, 1.82) is 0 Å². The van der Waals surface area contributed by atoms with E-state index in [1.165, 1.54) is 26.3 Å². The van der Waals surface area contributed by atoms with Crippen molar-refractivity contribution in [2.75, 3.05) is 19.8 Å². The normalized spacial score (nSPS) is 57.8. The second kappa shape index (κ2) is 20.6. The molecule has 11 N–H and O–H groups in total. The molecule has 10 rings (SSSR count). The zero-order valence-corrected chi connectivity index (χ0v) is 42.2. The minimum atomic E-state index is -1.85. The molecule has 6 saturated heterocycles. The molecule has 6 aliphatic heterocycles. The fourth-order valence-corrected chi connectivity index (χ4v) is 15.5. The summed E-state index contributed by atoms with van der Waals surface area (Å²) >= 11 is 0. The average molecular weight is 1030 g/mol. The van der Waals surface area contributed by atoms with E-state index >= 15 is 0 Å². The van der Waals surface area contributed by atoms with Crippen LogP contribution in [0.5, 0.6) is 0 Å². The largest absolute Gasteiger partial charge is 0.396 e. The molecule has 0 radical (unpaired) electrons. The van der Waals surface area contributed by atoms with E-state index in [0.29, 0.717) is 43.1 Å². The predicted molar refractivity (Wildman–Crippen MR) is 245 cm³/mol. The van der Waals surface area contributed by atoms with Crippen molar-refractivity contribution >= 4 is 0 Å². The van der Waals surface area contributed by atoms with Gasteiger partial charge in [-0.1, -0.05) is 32.4 Å². The lowest BCUT2D eigenvalue weighted by atomic mass is 9.47. The quantitative estimate of drug-likeness (QED) is 0.118. The van der Waals surface area contributed by atoms with Crippen LogP contribution in [-0.4, -0.2) is 217 Å². The highest BCUT2D eigenvalue weighted by Crippen LogP contribution is 2.71. The molecular formula is C51H82O21. The summed E-state index contributed by atoms with van der Waals surface area (Å²) in [5.74, 6) is 1.71. The number of allylic oxidation sites excluding steroid dienone is 1. The SMILES string of the molecule is C[C@@H]1O[C@@H](O[C@@H]2[C@@H](O)[C@@H](O)[C@H](O[C@H]3[C@H](O)[C@@H](O[C@@H]4O[C@@H](C)[C@H](O)[C@@H](O)[C@H]4O)[C@H](O[C@H]4CC[C@@]5(C)C(=CC[C@H]6[C@@H]7C[C@@H]8O[C@]9(CC[C@@H](CO)CO9)[C@@H](C)[C@@H]8[C@@]7(C)CC[C@@H]65)C4)O[C@@H]3CO)O[C@H]2C)[C@H](O)[C@H](O)[C@H]1O. The molecule has 21 nitrogen and oxygen atoms in total. The third kappa shape index (κ3) is 9.09. The molecule has 0 aromatic heterocycles. The van der Waals surface area contributed by atoms with Gasteiger partial charge in [-0.2, -0.15) is 0 Å². The van der Waals surface area contributed by atoms with Gasteiger partial charge in [-0.25, -0.2) is 0 Å². The van der Waals surface area contributed by atoms with Crippen molar-refractivity contribution < 1.29 is 104 Å². The molecule has 9 fully saturated rings. The van der Waals surface area contributed by atoms with Gasteiger partial charge in [0.1, 0.15) is 79.4 Å². The number of hydrogen-bond donors (Lipinski definition) is 11. The van der Waals surface area contributed by atoms with E-state index in [9.17, 15) is 56.2 Å². The van der Waals surface area contributed by atoms with E-state index in [1.807, 2.05) is 0 Å². The zero-order valence-electron chi connectivity index (χ0n) is 42.2. The minimum Gasteiger partial charge on any atom is -0.396 e. The highest BCUT2D eigenvalue weighted by Gasteiger charge is 2.69. The van der Waals surface area contributed by atoms with Crippen LogP contribution in [0.1, 0.15) is 99.3 Å². The van der Waals surface area contributed by atoms with Gasteiger partial charge in [-0.05, 0) is 107 Å². The third-order valence-electron chi connectivity index (χ3n) is 19.8. The van der Waals surface area contributed by atoms with Gasteiger partial charge in [0.15, 0.2) is 30.9 Å². The molecular weight excluding hydrogens is 949 g/mol. The van der Waals surface area contributed by atoms with Crippen molar-refractivity contribution in [2.24, 2.45) is 46.3 Å². The van der Waals surface area contributed by atoms with Gasteiger partial charge in [0, 0.05) is 24.9 Å². The Kier molecular flexibility index (Phi) is 15.5. The highest BCUT2D eigenvalue weighted by molar-refractivity contribution is 5.26. The van der Waals surface area contributed by atoms with Crippen molar-refractivity contribution in [3.05, 3.63) is 11.6 Å². The summed E-state index contributed by atoms with van der Waals surface area (Å²) < 4.78 is 62.1. The molecule has 0 unspecified atom stereocenters. The van der Waals surface area contributed by atoms with Crippen LogP contribution in [0, 0.1) is 46.3 Å². The van der Waals surface area contributed by atoms with Gasteiger partial charge < -0.3 is 104 Å². The van der Waals surface area contributed by atoms with Crippen LogP contribution in [0.4, 0.5) is 0 Å². The van der Waals surface area contributed by atoms with Crippen molar-refractivity contribution in [2.45, 2.75) is 240 Å². The molecule has 0 aromatic rings. The van der Waals surface area contributed by atoms with Gasteiger partial charge in [0.25, 0.3) is 0 Å². The fraction of sp³-hybridized carbons (Fsp3) is 0.961. The van der Waals surface area contributed by atoms with Crippen molar-refractivity contribution in [1.82, 2.24) is 0 Å². The Labute approximate surface area is 420 Å². The van der Waals surface area contributed by atoms with Crippen LogP contribution in [0.2, 0.25) is 0 Å². The Bertz CT molecular complexity index is 1910. The summed E-state index contributed by atoms with van der Waals surface area (Å²) in [4.78, 5) is 0. The Morgan fingerprint density at radius 2 is 1.19 bits per heavy atom. The number of aliphatic hydroxyl groups is 11. The predicted octanol–water partition coefficient (Wildman–Crippen LogP) is -0.934. The van der Waals surface area contributed by atoms with Crippen LogP contribution in [-0.2, 0) is 47.4 Å². The zero-order chi connectivity index (χ0) is 51.5. The molecule has 31 atom stereocenters. The monoisotopic (exact) mass is 1030 g/mol. The van der Waals surface area contributed by atoms with E-state index in [-0.39, 0.29) is 35.4 Å². The average Bonchev–Trinajstić information content (AvgIpc) is 3.81. The molecule has 412 valence electrons. The fourth-order valence-electron chi connectivity index (χ4n) is 15.5. The van der Waals surface area contributed by atoms with Crippen molar-refractivity contribution in [3.8, 4) is 0 Å². The Morgan fingerprint density at radius 3 is 1.81 bits per heavy atom. The molecule has 3 saturated carbocycles. The third-order valence-corrected chi connectivity index (χ3v) is 19.8. The molecule has 72 heavy (non-hydrogen) atoms. The summed E-state index contributed by atoms with van der Waals surface area (Å²) in [6.07, 6.45) is -19.8. The van der Waals surface area contributed by atoms with E-state index in [1.54, 1.807) is 0 Å². The maximum Gasteiger partial charge on any atom is 0.187 e. The maximum absolute atomic E-state index is 12.3. The summed E-state index contributed by atoms with van der Waals surface area (Å²) in [6, 6.07) is 0. The summed E-state index contributed by atoms with van der Waals surface area (Å²) in [7, 11) is 0. The number of rotatable bonds is 10. The molecule has 21 heteroatoms. The van der Waals surface area contributed by atoms with E-state index < -0.39 is 141 Å².